The molecule has 0 spiro atoms. The normalized spacial score (nSPS) is 16.7. The van der Waals surface area contributed by atoms with E-state index in [0.29, 0.717) is 12.2 Å². The Morgan fingerprint density at radius 2 is 2.00 bits per heavy atom. The average molecular weight is 307 g/mol. The number of benzene rings is 2. The third-order valence-corrected chi connectivity index (χ3v) is 3.89. The molecule has 2 aromatic carbocycles. The maximum atomic E-state index is 11.8. The Morgan fingerprint density at radius 3 is 2.70 bits per heavy atom. The van der Waals surface area contributed by atoms with Crippen molar-refractivity contribution in [3.05, 3.63) is 59.7 Å². The molecular formula is C19H17NO3. The van der Waals surface area contributed by atoms with Crippen LogP contribution in [0.2, 0.25) is 0 Å². The topological polar surface area (TPSA) is 59.3 Å². The van der Waals surface area contributed by atoms with Crippen LogP contribution < -0.4 is 0 Å². The molecule has 0 radical (unpaired) electrons. The maximum absolute atomic E-state index is 11.8. The van der Waals surface area contributed by atoms with Crippen molar-refractivity contribution in [3.63, 3.8) is 0 Å². The molecule has 4 nitrogen and oxygen atoms in total. The summed E-state index contributed by atoms with van der Waals surface area (Å²) in [4.78, 5) is 11.8. The molecule has 4 heteroatoms. The molecule has 2 aromatic rings. The van der Waals surface area contributed by atoms with E-state index in [0.717, 1.165) is 29.5 Å². The SMILES string of the molecule is N#Cc1ccccc1-c1ccc(COC(=O)[C@H]2CCCO2)cc1. The first kappa shape index (κ1) is 15.3. The van der Waals surface area contributed by atoms with Crippen LogP contribution in [0.3, 0.4) is 0 Å². The standard InChI is InChI=1S/C19H17NO3/c20-12-16-4-1-2-5-17(16)15-9-7-14(8-10-15)13-23-19(21)18-6-3-11-22-18/h1-2,4-5,7-10,18H,3,6,11,13H2/t18-/m1/s1. The summed E-state index contributed by atoms with van der Waals surface area (Å²) >= 11 is 0. The quantitative estimate of drug-likeness (QED) is 0.812. The highest BCUT2D eigenvalue weighted by Crippen LogP contribution is 2.23. The molecule has 1 heterocycles. The van der Waals surface area contributed by atoms with Gasteiger partial charge in [0.25, 0.3) is 0 Å². The monoisotopic (exact) mass is 307 g/mol. The molecule has 1 aliphatic heterocycles. The van der Waals surface area contributed by atoms with Crippen molar-refractivity contribution < 1.29 is 14.3 Å². The highest BCUT2D eigenvalue weighted by atomic mass is 16.6. The van der Waals surface area contributed by atoms with Crippen LogP contribution in [-0.4, -0.2) is 18.7 Å². The van der Waals surface area contributed by atoms with Gasteiger partial charge >= 0.3 is 5.97 Å². The third kappa shape index (κ3) is 3.58. The molecule has 0 aromatic heterocycles. The summed E-state index contributed by atoms with van der Waals surface area (Å²) in [7, 11) is 0. The van der Waals surface area contributed by atoms with E-state index in [1.54, 1.807) is 6.07 Å². The van der Waals surface area contributed by atoms with Crippen LogP contribution >= 0.6 is 0 Å². The summed E-state index contributed by atoms with van der Waals surface area (Å²) in [6.45, 7) is 0.867. The fraction of sp³-hybridized carbons (Fsp3) is 0.263. The summed E-state index contributed by atoms with van der Waals surface area (Å²) in [6, 6.07) is 17.4. The van der Waals surface area contributed by atoms with Gasteiger partial charge in [-0.25, -0.2) is 4.79 Å². The summed E-state index contributed by atoms with van der Waals surface area (Å²) in [5.41, 5.74) is 3.42. The fourth-order valence-electron chi connectivity index (χ4n) is 2.62. The second-order valence-corrected chi connectivity index (χ2v) is 5.46. The van der Waals surface area contributed by atoms with Crippen LogP contribution in [0, 0.1) is 11.3 Å². The van der Waals surface area contributed by atoms with Gasteiger partial charge in [-0.05, 0) is 35.6 Å². The lowest BCUT2D eigenvalue weighted by Crippen LogP contribution is -2.21. The molecule has 0 bridgehead atoms. The lowest BCUT2D eigenvalue weighted by atomic mass is 9.99. The molecule has 1 aliphatic rings. The lowest BCUT2D eigenvalue weighted by Gasteiger charge is -2.10. The Kier molecular flexibility index (Phi) is 4.70. The Hall–Kier alpha value is -2.64. The molecule has 3 rings (SSSR count). The zero-order chi connectivity index (χ0) is 16.1. The molecule has 116 valence electrons. The van der Waals surface area contributed by atoms with Crippen LogP contribution in [0.1, 0.15) is 24.0 Å². The first-order chi connectivity index (χ1) is 11.3. The molecular weight excluding hydrogens is 290 g/mol. The van der Waals surface area contributed by atoms with Gasteiger partial charge in [-0.1, -0.05) is 42.5 Å². The van der Waals surface area contributed by atoms with Crippen molar-refractivity contribution in [2.24, 2.45) is 0 Å². The van der Waals surface area contributed by atoms with Gasteiger partial charge in [0.1, 0.15) is 6.61 Å². The van der Waals surface area contributed by atoms with E-state index in [2.05, 4.69) is 6.07 Å². The molecule has 0 saturated carbocycles. The second kappa shape index (κ2) is 7.08. The van der Waals surface area contributed by atoms with E-state index in [9.17, 15) is 4.79 Å². The molecule has 23 heavy (non-hydrogen) atoms. The number of hydrogen-bond donors (Lipinski definition) is 0. The average Bonchev–Trinajstić information content (AvgIpc) is 3.15. The van der Waals surface area contributed by atoms with E-state index < -0.39 is 6.10 Å². The predicted molar refractivity (Wildman–Crippen MR) is 85.4 cm³/mol. The fourth-order valence-corrected chi connectivity index (χ4v) is 2.62. The van der Waals surface area contributed by atoms with Gasteiger partial charge in [0.15, 0.2) is 6.10 Å². The van der Waals surface area contributed by atoms with Crippen molar-refractivity contribution in [1.82, 2.24) is 0 Å². The van der Waals surface area contributed by atoms with Crippen LogP contribution in [0.25, 0.3) is 11.1 Å². The van der Waals surface area contributed by atoms with Crippen molar-refractivity contribution in [1.29, 1.82) is 5.26 Å². The first-order valence-corrected chi connectivity index (χ1v) is 7.64. The summed E-state index contributed by atoms with van der Waals surface area (Å²) in [5.74, 6) is -0.290. The van der Waals surface area contributed by atoms with E-state index in [-0.39, 0.29) is 12.6 Å². The number of esters is 1. The van der Waals surface area contributed by atoms with Gasteiger partial charge in [0.05, 0.1) is 11.6 Å². The smallest absolute Gasteiger partial charge is 0.335 e. The minimum Gasteiger partial charge on any atom is -0.459 e. The predicted octanol–water partition coefficient (Wildman–Crippen LogP) is 3.45. The third-order valence-electron chi connectivity index (χ3n) is 3.89. The number of nitriles is 1. The number of rotatable bonds is 4. The highest BCUT2D eigenvalue weighted by Gasteiger charge is 2.24. The summed E-state index contributed by atoms with van der Waals surface area (Å²) in [5, 5.41) is 9.16. The minimum absolute atomic E-state index is 0.235. The van der Waals surface area contributed by atoms with Crippen LogP contribution in [0.15, 0.2) is 48.5 Å². The Bertz CT molecular complexity index is 725. The van der Waals surface area contributed by atoms with Gasteiger partial charge in [-0.3, -0.25) is 0 Å². The molecule has 1 fully saturated rings. The van der Waals surface area contributed by atoms with E-state index in [4.69, 9.17) is 14.7 Å². The Morgan fingerprint density at radius 1 is 1.22 bits per heavy atom. The van der Waals surface area contributed by atoms with Crippen molar-refractivity contribution in [2.75, 3.05) is 6.61 Å². The van der Waals surface area contributed by atoms with Crippen molar-refractivity contribution in [2.45, 2.75) is 25.6 Å². The maximum Gasteiger partial charge on any atom is 0.335 e. The van der Waals surface area contributed by atoms with Crippen molar-refractivity contribution in [3.8, 4) is 17.2 Å². The van der Waals surface area contributed by atoms with Gasteiger partial charge < -0.3 is 9.47 Å². The Balaban J connectivity index is 1.65. The van der Waals surface area contributed by atoms with Gasteiger partial charge in [-0.15, -0.1) is 0 Å². The number of carbonyl (C=O) groups excluding carboxylic acids is 1. The Labute approximate surface area is 135 Å². The molecule has 0 aliphatic carbocycles. The highest BCUT2D eigenvalue weighted by molar-refractivity contribution is 5.75. The van der Waals surface area contributed by atoms with Gasteiger partial charge in [0, 0.05) is 6.61 Å². The largest absolute Gasteiger partial charge is 0.459 e. The number of carbonyl (C=O) groups is 1. The second-order valence-electron chi connectivity index (χ2n) is 5.46. The number of ether oxygens (including phenoxy) is 2. The number of nitrogens with zero attached hydrogens (tertiary/aromatic N) is 1. The van der Waals surface area contributed by atoms with Gasteiger partial charge in [-0.2, -0.15) is 5.26 Å². The zero-order valence-corrected chi connectivity index (χ0v) is 12.7. The lowest BCUT2D eigenvalue weighted by molar-refractivity contribution is -0.155. The van der Waals surface area contributed by atoms with Crippen LogP contribution in [0.4, 0.5) is 0 Å². The molecule has 0 amide bonds. The van der Waals surface area contributed by atoms with Gasteiger partial charge in [0.2, 0.25) is 0 Å². The molecule has 0 unspecified atom stereocenters. The minimum atomic E-state index is -0.406. The summed E-state index contributed by atoms with van der Waals surface area (Å²) < 4.78 is 10.6. The van der Waals surface area contributed by atoms with Crippen molar-refractivity contribution >= 4 is 5.97 Å². The van der Waals surface area contributed by atoms with E-state index >= 15 is 0 Å². The van der Waals surface area contributed by atoms with E-state index in [1.165, 1.54) is 0 Å². The zero-order valence-electron chi connectivity index (χ0n) is 12.7. The summed E-state index contributed by atoms with van der Waals surface area (Å²) in [6.07, 6.45) is 1.24. The van der Waals surface area contributed by atoms with E-state index in [1.807, 2.05) is 42.5 Å². The molecule has 1 saturated heterocycles. The van der Waals surface area contributed by atoms with Crippen LogP contribution in [0.5, 0.6) is 0 Å². The number of hydrogen-bond acceptors (Lipinski definition) is 4. The molecule has 1 atom stereocenters. The first-order valence-electron chi connectivity index (χ1n) is 7.64. The van der Waals surface area contributed by atoms with Crippen LogP contribution in [-0.2, 0) is 20.9 Å². The molecule has 0 N–H and O–H groups in total.